The van der Waals surface area contributed by atoms with Gasteiger partial charge < -0.3 is 20.8 Å². The lowest BCUT2D eigenvalue weighted by molar-refractivity contribution is 0.561. The van der Waals surface area contributed by atoms with Gasteiger partial charge in [-0.1, -0.05) is 0 Å². The van der Waals surface area contributed by atoms with Crippen LogP contribution in [0.2, 0.25) is 0 Å². The van der Waals surface area contributed by atoms with Gasteiger partial charge in [0.15, 0.2) is 11.5 Å². The van der Waals surface area contributed by atoms with Crippen LogP contribution in [0, 0.1) is 6.92 Å². The van der Waals surface area contributed by atoms with Crippen LogP contribution in [-0.4, -0.2) is 31.2 Å². The monoisotopic (exact) mass is 234 g/mol. The summed E-state index contributed by atoms with van der Waals surface area (Å²) in [5.74, 6) is 0.679. The number of aryl methyl sites for hydroxylation is 1. The van der Waals surface area contributed by atoms with E-state index in [0.29, 0.717) is 12.4 Å². The molecule has 5 nitrogen and oxygen atoms in total. The van der Waals surface area contributed by atoms with E-state index in [1.165, 1.54) is 0 Å². The van der Waals surface area contributed by atoms with Crippen LogP contribution in [0.15, 0.2) is 22.6 Å². The van der Waals surface area contributed by atoms with Gasteiger partial charge in [-0.15, -0.1) is 0 Å². The van der Waals surface area contributed by atoms with Crippen LogP contribution >= 0.6 is 0 Å². The number of hydrogen-bond donors (Lipinski definition) is 2. The number of nitrogens with zero attached hydrogens (tertiary/aromatic N) is 2. The van der Waals surface area contributed by atoms with Crippen molar-refractivity contribution in [2.75, 3.05) is 25.0 Å². The molecule has 17 heavy (non-hydrogen) atoms. The van der Waals surface area contributed by atoms with Crippen molar-refractivity contribution >= 4 is 16.8 Å². The van der Waals surface area contributed by atoms with Crippen LogP contribution in [0.25, 0.3) is 11.1 Å². The molecule has 0 aliphatic carbocycles. The van der Waals surface area contributed by atoms with Crippen molar-refractivity contribution in [2.45, 2.75) is 13.0 Å². The molecule has 0 amide bonds. The van der Waals surface area contributed by atoms with Gasteiger partial charge in [0.1, 0.15) is 5.52 Å². The number of anilines is 1. The molecular formula is C12H18N4O. The molecule has 1 aromatic carbocycles. The largest absolute Gasteiger partial charge is 0.441 e. The first kappa shape index (κ1) is 11.9. The minimum absolute atomic E-state index is 0.0211. The summed E-state index contributed by atoms with van der Waals surface area (Å²) in [6, 6.07) is 5.91. The number of rotatable bonds is 4. The molecule has 4 N–H and O–H groups in total. The van der Waals surface area contributed by atoms with Crippen molar-refractivity contribution in [1.82, 2.24) is 4.98 Å². The first-order chi connectivity index (χ1) is 8.10. The first-order valence-electron chi connectivity index (χ1n) is 5.64. The molecule has 1 aromatic heterocycles. The Kier molecular flexibility index (Phi) is 3.31. The number of hydrogen-bond acceptors (Lipinski definition) is 5. The van der Waals surface area contributed by atoms with Gasteiger partial charge in [0.2, 0.25) is 0 Å². The normalized spacial score (nSPS) is 12.9. The highest BCUT2D eigenvalue weighted by Crippen LogP contribution is 2.21. The lowest BCUT2D eigenvalue weighted by Gasteiger charge is -2.22. The SMILES string of the molecule is Cc1nc2ccc(N(C)CC(N)CN)cc2o1. The Bertz CT molecular complexity index is 508. The number of oxazole rings is 1. The summed E-state index contributed by atoms with van der Waals surface area (Å²) in [6.07, 6.45) is 0. The minimum Gasteiger partial charge on any atom is -0.441 e. The number of benzene rings is 1. The van der Waals surface area contributed by atoms with Gasteiger partial charge >= 0.3 is 0 Å². The third-order valence-electron chi connectivity index (χ3n) is 2.73. The average Bonchev–Trinajstić information content (AvgIpc) is 2.67. The Balaban J connectivity index is 2.23. The second-order valence-electron chi connectivity index (χ2n) is 4.26. The van der Waals surface area contributed by atoms with Crippen molar-refractivity contribution in [1.29, 1.82) is 0 Å². The van der Waals surface area contributed by atoms with E-state index in [1.54, 1.807) is 0 Å². The van der Waals surface area contributed by atoms with E-state index in [1.807, 2.05) is 32.2 Å². The molecule has 0 radical (unpaired) electrons. The van der Waals surface area contributed by atoms with Crippen LogP contribution < -0.4 is 16.4 Å². The number of aromatic nitrogens is 1. The van der Waals surface area contributed by atoms with Crippen molar-refractivity contribution in [2.24, 2.45) is 11.5 Å². The number of fused-ring (bicyclic) bond motifs is 1. The Labute approximate surface area is 100 Å². The molecule has 0 aliphatic heterocycles. The van der Waals surface area contributed by atoms with E-state index in [2.05, 4.69) is 9.88 Å². The zero-order chi connectivity index (χ0) is 12.4. The van der Waals surface area contributed by atoms with Crippen molar-refractivity contribution < 1.29 is 4.42 Å². The van der Waals surface area contributed by atoms with E-state index >= 15 is 0 Å². The molecular weight excluding hydrogens is 216 g/mol. The van der Waals surface area contributed by atoms with E-state index in [0.717, 1.165) is 23.3 Å². The quantitative estimate of drug-likeness (QED) is 0.820. The number of likely N-dealkylation sites (N-methyl/N-ethyl adjacent to an activating group) is 1. The fraction of sp³-hybridized carbons (Fsp3) is 0.417. The molecule has 0 saturated heterocycles. The zero-order valence-corrected chi connectivity index (χ0v) is 10.2. The summed E-state index contributed by atoms with van der Waals surface area (Å²) in [5, 5.41) is 0. The summed E-state index contributed by atoms with van der Waals surface area (Å²) < 4.78 is 5.50. The molecule has 0 spiro atoms. The Morgan fingerprint density at radius 1 is 1.47 bits per heavy atom. The minimum atomic E-state index is -0.0211. The van der Waals surface area contributed by atoms with Gasteiger partial charge in [-0.2, -0.15) is 0 Å². The summed E-state index contributed by atoms with van der Waals surface area (Å²) in [7, 11) is 1.99. The molecule has 0 aliphatic rings. The Morgan fingerprint density at radius 2 is 2.24 bits per heavy atom. The molecule has 1 atom stereocenters. The van der Waals surface area contributed by atoms with Gasteiger partial charge in [0.05, 0.1) is 0 Å². The van der Waals surface area contributed by atoms with Gasteiger partial charge in [0, 0.05) is 44.9 Å². The molecule has 2 rings (SSSR count). The molecule has 0 saturated carbocycles. The Hall–Kier alpha value is -1.59. The van der Waals surface area contributed by atoms with Gasteiger partial charge in [-0.05, 0) is 12.1 Å². The topological polar surface area (TPSA) is 81.3 Å². The summed E-state index contributed by atoms with van der Waals surface area (Å²) in [6.45, 7) is 3.04. The average molecular weight is 234 g/mol. The highest BCUT2D eigenvalue weighted by atomic mass is 16.3. The molecule has 1 unspecified atom stereocenters. The lowest BCUT2D eigenvalue weighted by atomic mass is 10.2. The second-order valence-corrected chi connectivity index (χ2v) is 4.26. The highest BCUT2D eigenvalue weighted by Gasteiger charge is 2.08. The number of nitrogens with two attached hydrogens (primary N) is 2. The third kappa shape index (κ3) is 2.57. The van der Waals surface area contributed by atoms with Gasteiger partial charge in [0.25, 0.3) is 0 Å². The van der Waals surface area contributed by atoms with E-state index < -0.39 is 0 Å². The van der Waals surface area contributed by atoms with Gasteiger partial charge in [-0.3, -0.25) is 0 Å². The predicted molar refractivity (Wildman–Crippen MR) is 69.0 cm³/mol. The third-order valence-corrected chi connectivity index (χ3v) is 2.73. The summed E-state index contributed by atoms with van der Waals surface area (Å²) in [5.41, 5.74) is 14.1. The molecule has 92 valence electrons. The van der Waals surface area contributed by atoms with Crippen molar-refractivity contribution in [3.63, 3.8) is 0 Å². The van der Waals surface area contributed by atoms with E-state index in [-0.39, 0.29) is 6.04 Å². The fourth-order valence-corrected chi connectivity index (χ4v) is 1.80. The zero-order valence-electron chi connectivity index (χ0n) is 10.2. The predicted octanol–water partition coefficient (Wildman–Crippen LogP) is 0.858. The fourth-order valence-electron chi connectivity index (χ4n) is 1.80. The van der Waals surface area contributed by atoms with E-state index in [4.69, 9.17) is 15.9 Å². The van der Waals surface area contributed by atoms with Crippen molar-refractivity contribution in [3.8, 4) is 0 Å². The molecule has 0 bridgehead atoms. The van der Waals surface area contributed by atoms with Crippen LogP contribution in [-0.2, 0) is 0 Å². The van der Waals surface area contributed by atoms with Crippen LogP contribution in [0.1, 0.15) is 5.89 Å². The Morgan fingerprint density at radius 3 is 2.94 bits per heavy atom. The van der Waals surface area contributed by atoms with Crippen LogP contribution in [0.4, 0.5) is 5.69 Å². The molecule has 5 heteroatoms. The maximum absolute atomic E-state index is 5.83. The van der Waals surface area contributed by atoms with Crippen LogP contribution in [0.3, 0.4) is 0 Å². The summed E-state index contributed by atoms with van der Waals surface area (Å²) in [4.78, 5) is 6.33. The van der Waals surface area contributed by atoms with Gasteiger partial charge in [-0.25, -0.2) is 4.98 Å². The van der Waals surface area contributed by atoms with E-state index in [9.17, 15) is 0 Å². The molecule has 0 fully saturated rings. The maximum Gasteiger partial charge on any atom is 0.192 e. The lowest BCUT2D eigenvalue weighted by Crippen LogP contribution is -2.40. The first-order valence-corrected chi connectivity index (χ1v) is 5.64. The standard InChI is InChI=1S/C12H18N4O/c1-8-15-11-4-3-10(5-12(11)17-8)16(2)7-9(14)6-13/h3-5,9H,6-7,13-14H2,1-2H3. The highest BCUT2D eigenvalue weighted by molar-refractivity contribution is 5.77. The maximum atomic E-state index is 5.83. The summed E-state index contributed by atoms with van der Waals surface area (Å²) >= 11 is 0. The van der Waals surface area contributed by atoms with Crippen molar-refractivity contribution in [3.05, 3.63) is 24.1 Å². The molecule has 2 aromatic rings. The second kappa shape index (κ2) is 4.73. The van der Waals surface area contributed by atoms with Crippen LogP contribution in [0.5, 0.6) is 0 Å². The molecule has 1 heterocycles. The smallest absolute Gasteiger partial charge is 0.192 e.